The van der Waals surface area contributed by atoms with Gasteiger partial charge in [-0.2, -0.15) is 0 Å². The molecule has 0 aromatic rings. The fourth-order valence-electron chi connectivity index (χ4n) is 1.53. The molecule has 0 aliphatic rings. The predicted octanol–water partition coefficient (Wildman–Crippen LogP) is 3.86. The van der Waals surface area contributed by atoms with Crippen molar-refractivity contribution in [3.63, 3.8) is 0 Å². The van der Waals surface area contributed by atoms with Gasteiger partial charge in [-0.05, 0) is 32.1 Å². The van der Waals surface area contributed by atoms with Crippen molar-refractivity contribution in [3.8, 4) is 0 Å². The van der Waals surface area contributed by atoms with E-state index in [9.17, 15) is 0 Å². The summed E-state index contributed by atoms with van der Waals surface area (Å²) in [5.41, 5.74) is 0. The fourth-order valence-corrected chi connectivity index (χ4v) is 2.41. The number of hydrogen-bond donors (Lipinski definition) is 0. The Hall–Kier alpha value is 0.440. The average Bonchev–Trinajstić information content (AvgIpc) is 1.95. The lowest BCUT2D eigenvalue weighted by Crippen LogP contribution is -2.20. The number of halogens is 1. The molecule has 0 amide bonds. The molecule has 2 heteroatoms. The Morgan fingerprint density at radius 3 is 1.92 bits per heavy atom. The molecule has 0 aliphatic carbocycles. The first-order valence-electron chi connectivity index (χ1n) is 5.20. The lowest BCUT2D eigenvalue weighted by molar-refractivity contribution is 0.0643. The highest BCUT2D eigenvalue weighted by Crippen LogP contribution is 2.24. The zero-order valence-corrected chi connectivity index (χ0v) is 11.1. The van der Waals surface area contributed by atoms with Gasteiger partial charge in [-0.1, -0.05) is 36.7 Å². The summed E-state index contributed by atoms with van der Waals surface area (Å²) in [7, 11) is 0. The molecule has 0 radical (unpaired) electrons. The minimum Gasteiger partial charge on any atom is -0.379 e. The molecular weight excluding hydrogens is 228 g/mol. The van der Waals surface area contributed by atoms with Crippen LogP contribution in [-0.4, -0.2) is 17.5 Å². The largest absolute Gasteiger partial charge is 0.379 e. The van der Waals surface area contributed by atoms with Gasteiger partial charge in [-0.15, -0.1) is 0 Å². The molecule has 0 N–H and O–H groups in total. The zero-order chi connectivity index (χ0) is 10.4. The van der Waals surface area contributed by atoms with Crippen LogP contribution in [0.3, 0.4) is 0 Å². The second-order valence-electron chi connectivity index (χ2n) is 4.29. The van der Waals surface area contributed by atoms with E-state index in [0.717, 1.165) is 24.9 Å². The Balaban J connectivity index is 3.70. The molecule has 2 atom stereocenters. The van der Waals surface area contributed by atoms with Gasteiger partial charge < -0.3 is 4.74 Å². The minimum atomic E-state index is 0.360. The third-order valence-electron chi connectivity index (χ3n) is 2.35. The Bertz CT molecular complexity index is 113. The Morgan fingerprint density at radius 1 is 1.08 bits per heavy atom. The van der Waals surface area contributed by atoms with E-state index in [2.05, 4.69) is 50.5 Å². The van der Waals surface area contributed by atoms with Gasteiger partial charge >= 0.3 is 0 Å². The highest BCUT2D eigenvalue weighted by Gasteiger charge is 2.18. The quantitative estimate of drug-likeness (QED) is 0.651. The summed E-state index contributed by atoms with van der Waals surface area (Å²) in [6, 6.07) is 0. The van der Waals surface area contributed by atoms with Gasteiger partial charge in [0.05, 0.1) is 6.10 Å². The van der Waals surface area contributed by atoms with Crippen molar-refractivity contribution in [1.29, 1.82) is 0 Å². The first-order chi connectivity index (χ1) is 5.95. The molecule has 0 aromatic carbocycles. The Morgan fingerprint density at radius 2 is 1.62 bits per heavy atom. The van der Waals surface area contributed by atoms with Crippen LogP contribution in [0.5, 0.6) is 0 Å². The van der Waals surface area contributed by atoms with Crippen LogP contribution >= 0.6 is 15.9 Å². The van der Waals surface area contributed by atoms with Crippen molar-refractivity contribution in [2.24, 2.45) is 11.8 Å². The second-order valence-corrected chi connectivity index (χ2v) is 5.74. The normalized spacial score (nSPS) is 16.6. The molecule has 2 unspecified atom stereocenters. The molecular formula is C11H23BrO. The van der Waals surface area contributed by atoms with E-state index in [1.807, 2.05) is 0 Å². The maximum atomic E-state index is 5.55. The van der Waals surface area contributed by atoms with E-state index >= 15 is 0 Å². The minimum absolute atomic E-state index is 0.360. The zero-order valence-electron chi connectivity index (χ0n) is 9.51. The summed E-state index contributed by atoms with van der Waals surface area (Å²) >= 11 is 3.65. The average molecular weight is 251 g/mol. The first kappa shape index (κ1) is 13.4. The Kier molecular flexibility index (Phi) is 7.06. The monoisotopic (exact) mass is 250 g/mol. The highest BCUT2D eigenvalue weighted by atomic mass is 79.9. The van der Waals surface area contributed by atoms with E-state index < -0.39 is 0 Å². The van der Waals surface area contributed by atoms with Crippen LogP contribution < -0.4 is 0 Å². The third-order valence-corrected chi connectivity index (χ3v) is 3.03. The van der Waals surface area contributed by atoms with E-state index in [1.54, 1.807) is 0 Å². The molecule has 0 saturated carbocycles. The fraction of sp³-hybridized carbons (Fsp3) is 1.00. The van der Waals surface area contributed by atoms with Gasteiger partial charge in [-0.25, -0.2) is 0 Å². The lowest BCUT2D eigenvalue weighted by Gasteiger charge is -2.23. The van der Waals surface area contributed by atoms with Crippen LogP contribution in [0.4, 0.5) is 0 Å². The highest BCUT2D eigenvalue weighted by molar-refractivity contribution is 9.09. The Labute approximate surface area is 91.4 Å². The summed E-state index contributed by atoms with van der Waals surface area (Å²) in [6.07, 6.45) is 1.51. The number of ether oxygens (including phenoxy) is 1. The van der Waals surface area contributed by atoms with Crippen molar-refractivity contribution in [1.82, 2.24) is 0 Å². The van der Waals surface area contributed by atoms with Gasteiger partial charge in [0.25, 0.3) is 0 Å². The molecule has 0 heterocycles. The molecule has 80 valence electrons. The van der Waals surface area contributed by atoms with Crippen LogP contribution in [-0.2, 0) is 4.74 Å². The van der Waals surface area contributed by atoms with Gasteiger partial charge in [0, 0.05) is 11.4 Å². The predicted molar refractivity (Wildman–Crippen MR) is 62.4 cm³/mol. The van der Waals surface area contributed by atoms with Gasteiger partial charge in [0.2, 0.25) is 0 Å². The molecule has 0 rings (SSSR count). The van der Waals surface area contributed by atoms with Crippen LogP contribution in [0.2, 0.25) is 0 Å². The third kappa shape index (κ3) is 6.50. The summed E-state index contributed by atoms with van der Waals surface area (Å²) in [4.78, 5) is 0.586. The standard InChI is InChI=1S/C11H23BrO/c1-8(2)11(10(5)12)6-7-13-9(3)4/h8-11H,6-7H2,1-5H3. The van der Waals surface area contributed by atoms with Crippen LogP contribution in [0.1, 0.15) is 41.0 Å². The van der Waals surface area contributed by atoms with E-state index in [1.165, 1.54) is 0 Å². The van der Waals surface area contributed by atoms with E-state index in [-0.39, 0.29) is 0 Å². The van der Waals surface area contributed by atoms with Crippen LogP contribution in [0.25, 0.3) is 0 Å². The number of rotatable bonds is 6. The molecule has 13 heavy (non-hydrogen) atoms. The maximum Gasteiger partial charge on any atom is 0.0518 e. The van der Waals surface area contributed by atoms with Crippen molar-refractivity contribution < 1.29 is 4.74 Å². The maximum absolute atomic E-state index is 5.55. The molecule has 0 saturated heterocycles. The lowest BCUT2D eigenvalue weighted by atomic mass is 9.90. The summed E-state index contributed by atoms with van der Waals surface area (Å²) in [6.45, 7) is 11.8. The molecule has 0 aliphatic heterocycles. The topological polar surface area (TPSA) is 9.23 Å². The summed E-state index contributed by atoms with van der Waals surface area (Å²) in [5.74, 6) is 1.45. The molecule has 1 nitrogen and oxygen atoms in total. The number of hydrogen-bond acceptors (Lipinski definition) is 1. The summed E-state index contributed by atoms with van der Waals surface area (Å²) < 4.78 is 5.55. The van der Waals surface area contributed by atoms with Crippen LogP contribution in [0.15, 0.2) is 0 Å². The number of alkyl halides is 1. The van der Waals surface area contributed by atoms with Crippen LogP contribution in [0, 0.1) is 11.8 Å². The van der Waals surface area contributed by atoms with E-state index in [0.29, 0.717) is 10.9 Å². The molecule has 0 spiro atoms. The van der Waals surface area contributed by atoms with Crippen molar-refractivity contribution in [2.45, 2.75) is 52.0 Å². The van der Waals surface area contributed by atoms with Crippen molar-refractivity contribution in [2.75, 3.05) is 6.61 Å². The van der Waals surface area contributed by atoms with Crippen molar-refractivity contribution in [3.05, 3.63) is 0 Å². The van der Waals surface area contributed by atoms with Gasteiger partial charge in [0.1, 0.15) is 0 Å². The first-order valence-corrected chi connectivity index (χ1v) is 6.12. The second kappa shape index (κ2) is 6.83. The molecule has 0 fully saturated rings. The molecule has 0 aromatic heterocycles. The SMILES string of the molecule is CC(C)OCCC(C(C)C)C(C)Br. The molecule has 0 bridgehead atoms. The smallest absolute Gasteiger partial charge is 0.0518 e. The summed E-state index contributed by atoms with van der Waals surface area (Å²) in [5, 5.41) is 0. The van der Waals surface area contributed by atoms with Crippen molar-refractivity contribution >= 4 is 15.9 Å². The van der Waals surface area contributed by atoms with Gasteiger partial charge in [-0.3, -0.25) is 0 Å². The van der Waals surface area contributed by atoms with Gasteiger partial charge in [0.15, 0.2) is 0 Å². The van der Waals surface area contributed by atoms with E-state index in [4.69, 9.17) is 4.74 Å².